The molecular formula is C48H38N2O8S. The average Bonchev–Trinajstić information content (AvgIpc) is 3.80. The normalized spacial score (nSPS) is 18.3. The van der Waals surface area contributed by atoms with E-state index in [2.05, 4.69) is 12.1 Å². The van der Waals surface area contributed by atoms with Gasteiger partial charge in [-0.2, -0.15) is 4.58 Å². The molecule has 6 aromatic rings. The zero-order valence-corrected chi connectivity index (χ0v) is 33.5. The molecule has 10 nitrogen and oxygen atoms in total. The minimum absolute atomic E-state index is 0.0121. The number of ketones is 1. The Balaban J connectivity index is 1.12. The number of thiophene rings is 1. The van der Waals surface area contributed by atoms with Crippen LogP contribution in [0.1, 0.15) is 51.7 Å². The van der Waals surface area contributed by atoms with Gasteiger partial charge in [0.25, 0.3) is 0 Å². The average molecular weight is 803 g/mol. The summed E-state index contributed by atoms with van der Waals surface area (Å²) in [5.41, 5.74) is 2.60. The number of carbonyl (C=O) groups is 3. The fourth-order valence-corrected chi connectivity index (χ4v) is 10.0. The van der Waals surface area contributed by atoms with Crippen molar-refractivity contribution in [1.29, 1.82) is 0 Å². The van der Waals surface area contributed by atoms with Gasteiger partial charge in [-0.3, -0.25) is 24.0 Å². The van der Waals surface area contributed by atoms with Crippen molar-refractivity contribution in [3.63, 3.8) is 0 Å². The van der Waals surface area contributed by atoms with Crippen molar-refractivity contribution in [3.05, 3.63) is 159 Å². The fraction of sp³-hybridized carbons (Fsp3) is 0.208. The molecule has 0 saturated carbocycles. The summed E-state index contributed by atoms with van der Waals surface area (Å²) in [6, 6.07) is 27.1. The third-order valence-corrected chi connectivity index (χ3v) is 13.3. The van der Waals surface area contributed by atoms with Gasteiger partial charge in [0, 0.05) is 61.3 Å². The molecule has 294 valence electrons. The number of hydrogen-bond donors (Lipinski definition) is 2. The smallest absolute Gasteiger partial charge is 0.309 e. The van der Waals surface area contributed by atoms with Gasteiger partial charge in [-0.15, -0.1) is 11.3 Å². The number of allylic oxidation sites excluding steroid dienone is 4. The number of benzene rings is 4. The van der Waals surface area contributed by atoms with E-state index >= 15 is 0 Å². The SMILES string of the molecule is CC1(C)C(=CC2=C([O-])C(=c3ccc(=c4c(=O)c(=CC5=[N+](CCC(=O)O)c6cc7ccccc7cc6C5(C)C)c4=O)s3)C2=O)N(CCC(=O)O)c2cc3ccccc3cc21. The molecule has 9 rings (SSSR count). The van der Waals surface area contributed by atoms with Gasteiger partial charge < -0.3 is 20.2 Å². The van der Waals surface area contributed by atoms with E-state index in [1.54, 1.807) is 24.3 Å². The van der Waals surface area contributed by atoms with Crippen LogP contribution in [0.25, 0.3) is 33.2 Å². The molecule has 0 amide bonds. The second kappa shape index (κ2) is 13.4. The van der Waals surface area contributed by atoms with E-state index < -0.39 is 45.2 Å². The Morgan fingerprint density at radius 2 is 1.32 bits per heavy atom. The maximum absolute atomic E-state index is 13.8. The van der Waals surface area contributed by atoms with Gasteiger partial charge in [-0.25, -0.2) is 0 Å². The van der Waals surface area contributed by atoms with Crippen LogP contribution in [0.3, 0.4) is 0 Å². The topological polar surface area (TPSA) is 155 Å². The molecule has 2 N–H and O–H groups in total. The van der Waals surface area contributed by atoms with Crippen LogP contribution < -0.4 is 30.6 Å². The maximum Gasteiger partial charge on any atom is 0.309 e. The molecule has 11 heteroatoms. The molecule has 2 aliphatic heterocycles. The second-order valence-electron chi connectivity index (χ2n) is 16.4. The molecule has 1 aliphatic carbocycles. The molecule has 0 bridgehead atoms. The first-order valence-corrected chi connectivity index (χ1v) is 20.2. The van der Waals surface area contributed by atoms with Gasteiger partial charge in [-0.05, 0) is 77.4 Å². The number of carbonyl (C=O) groups excluding carboxylic acids is 1. The highest BCUT2D eigenvalue weighted by atomic mass is 32.1. The van der Waals surface area contributed by atoms with E-state index in [9.17, 15) is 39.3 Å². The quantitative estimate of drug-likeness (QED) is 0.207. The Kier molecular flexibility index (Phi) is 8.61. The summed E-state index contributed by atoms with van der Waals surface area (Å²) in [5, 5.41) is 36.9. The van der Waals surface area contributed by atoms with E-state index in [1.807, 2.05) is 97.8 Å². The number of rotatable bonds is 8. The number of Topliss-reactive ketones (excluding diaryl/α,β-unsaturated/α-hetero) is 1. The Bertz CT molecular complexity index is 3290. The van der Waals surface area contributed by atoms with Gasteiger partial charge in [0.05, 0.1) is 22.3 Å². The van der Waals surface area contributed by atoms with Crippen molar-refractivity contribution < 1.29 is 34.3 Å². The number of nitrogens with zero attached hydrogens (tertiary/aromatic N) is 2. The van der Waals surface area contributed by atoms with Crippen molar-refractivity contribution in [2.75, 3.05) is 18.0 Å². The summed E-state index contributed by atoms with van der Waals surface area (Å²) >= 11 is 1.03. The molecule has 0 unspecified atom stereocenters. The molecule has 0 fully saturated rings. The highest BCUT2D eigenvalue weighted by molar-refractivity contribution is 7.08. The van der Waals surface area contributed by atoms with E-state index in [4.69, 9.17) is 0 Å². The number of hydrogen-bond acceptors (Lipinski definition) is 8. The maximum atomic E-state index is 13.8. The number of fused-ring (bicyclic) bond motifs is 4. The largest absolute Gasteiger partial charge is 0.871 e. The molecule has 3 aliphatic rings. The Morgan fingerprint density at radius 1 is 0.746 bits per heavy atom. The van der Waals surface area contributed by atoms with E-state index in [-0.39, 0.29) is 47.5 Å². The number of anilines is 1. The second-order valence-corrected chi connectivity index (χ2v) is 17.5. The molecule has 59 heavy (non-hydrogen) atoms. The molecule has 0 atom stereocenters. The van der Waals surface area contributed by atoms with E-state index in [0.29, 0.717) is 20.5 Å². The lowest BCUT2D eigenvalue weighted by Crippen LogP contribution is -2.51. The zero-order chi connectivity index (χ0) is 41.7. The van der Waals surface area contributed by atoms with Crippen LogP contribution in [0, 0.1) is 9.75 Å². The van der Waals surface area contributed by atoms with Crippen molar-refractivity contribution in [3.8, 4) is 0 Å². The highest BCUT2D eigenvalue weighted by Gasteiger charge is 2.45. The lowest BCUT2D eigenvalue weighted by atomic mass is 9.80. The minimum atomic E-state index is -0.967. The predicted octanol–water partition coefficient (Wildman–Crippen LogP) is 4.77. The molecule has 0 radical (unpaired) electrons. The van der Waals surface area contributed by atoms with Gasteiger partial charge in [0.15, 0.2) is 18.0 Å². The van der Waals surface area contributed by atoms with Crippen LogP contribution in [-0.2, 0) is 25.2 Å². The van der Waals surface area contributed by atoms with Crippen LogP contribution in [-0.4, -0.2) is 51.3 Å². The zero-order valence-electron chi connectivity index (χ0n) is 32.7. The van der Waals surface area contributed by atoms with Gasteiger partial charge in [-0.1, -0.05) is 68.1 Å². The number of aliphatic carboxylic acids is 2. The number of carboxylic acid groups (broad SMARTS) is 2. The Hall–Kier alpha value is -6.72. The van der Waals surface area contributed by atoms with Gasteiger partial charge >= 0.3 is 11.9 Å². The summed E-state index contributed by atoms with van der Waals surface area (Å²) in [6.45, 7) is 8.26. The molecule has 3 heterocycles. The summed E-state index contributed by atoms with van der Waals surface area (Å²) in [7, 11) is 0. The van der Waals surface area contributed by atoms with Crippen molar-refractivity contribution in [2.24, 2.45) is 0 Å². The van der Waals surface area contributed by atoms with Crippen molar-refractivity contribution in [1.82, 2.24) is 0 Å². The monoisotopic (exact) mass is 802 g/mol. The van der Waals surface area contributed by atoms with Crippen LogP contribution in [0.15, 0.2) is 118 Å². The lowest BCUT2D eigenvalue weighted by molar-refractivity contribution is -0.435. The fourth-order valence-electron chi connectivity index (χ4n) is 8.94. The predicted molar refractivity (Wildman–Crippen MR) is 226 cm³/mol. The third-order valence-electron chi connectivity index (χ3n) is 12.2. The lowest BCUT2D eigenvalue weighted by Gasteiger charge is -2.32. The van der Waals surface area contributed by atoms with E-state index in [1.165, 1.54) is 0 Å². The molecule has 0 spiro atoms. The molecule has 1 aromatic heterocycles. The first-order chi connectivity index (χ1) is 28.1. The van der Waals surface area contributed by atoms with Gasteiger partial charge in [0.2, 0.25) is 16.5 Å². The van der Waals surface area contributed by atoms with Crippen LogP contribution in [0.4, 0.5) is 11.4 Å². The molecule has 0 saturated heterocycles. The van der Waals surface area contributed by atoms with Gasteiger partial charge in [0.1, 0.15) is 6.42 Å². The number of carboxylic acids is 2. The summed E-state index contributed by atoms with van der Waals surface area (Å²) in [4.78, 5) is 66.5. The Morgan fingerprint density at radius 3 is 1.93 bits per heavy atom. The first-order valence-electron chi connectivity index (χ1n) is 19.3. The van der Waals surface area contributed by atoms with Crippen LogP contribution >= 0.6 is 11.3 Å². The standard InChI is InChI=1S/C48H38N2O8S/c1-47(2)31-19-25-9-5-7-11-27(25)21-33(31)49(17-15-39(51)52)37(47)23-29-43(55)41(44(29)56)35-13-14-36(59-35)42-45(57)30(46(42)58)24-38-48(3,4)32-20-26-10-6-8-12-28(26)22-34(32)50(38)18-16-40(53)54/h5-14,19-24H,15-18H2,1-4H3,(H2-,51,52,53,54,55,56). The summed E-state index contributed by atoms with van der Waals surface area (Å²) < 4.78 is 2.58. The van der Waals surface area contributed by atoms with Crippen molar-refractivity contribution >= 4 is 79.3 Å². The minimum Gasteiger partial charge on any atom is -0.871 e. The molecule has 5 aromatic carbocycles. The first kappa shape index (κ1) is 37.8. The Labute approximate surface area is 340 Å². The van der Waals surface area contributed by atoms with Crippen LogP contribution in [0.2, 0.25) is 0 Å². The summed E-state index contributed by atoms with van der Waals surface area (Å²) in [5.74, 6) is -2.86. The van der Waals surface area contributed by atoms with Crippen LogP contribution in [0.5, 0.6) is 0 Å². The third kappa shape index (κ3) is 5.82. The highest BCUT2D eigenvalue weighted by Crippen LogP contribution is 2.50. The van der Waals surface area contributed by atoms with Crippen molar-refractivity contribution in [2.45, 2.75) is 51.4 Å². The molecular weight excluding hydrogens is 765 g/mol. The van der Waals surface area contributed by atoms with E-state index in [0.717, 1.165) is 55.4 Å². The summed E-state index contributed by atoms with van der Waals surface area (Å²) in [6.07, 6.45) is 2.88.